The van der Waals surface area contributed by atoms with Gasteiger partial charge >= 0.3 is 5.69 Å². The minimum absolute atomic E-state index is 0.324. The number of aryl methyl sites for hydroxylation is 2. The zero-order valence-corrected chi connectivity index (χ0v) is 18.9. The van der Waals surface area contributed by atoms with Crippen LogP contribution in [-0.4, -0.2) is 55.7 Å². The van der Waals surface area contributed by atoms with Gasteiger partial charge in [0, 0.05) is 39.5 Å². The van der Waals surface area contributed by atoms with E-state index in [2.05, 4.69) is 16.0 Å². The van der Waals surface area contributed by atoms with E-state index in [1.54, 1.807) is 30.1 Å². The fraction of sp³-hybridized carbons (Fsp3) is 0.400. The summed E-state index contributed by atoms with van der Waals surface area (Å²) in [5.41, 5.74) is 1.17. The van der Waals surface area contributed by atoms with Crippen molar-refractivity contribution in [2.45, 2.75) is 10.9 Å². The Labute approximate surface area is 185 Å². The molecule has 0 amide bonds. The van der Waals surface area contributed by atoms with Crippen LogP contribution >= 0.6 is 23.1 Å². The van der Waals surface area contributed by atoms with E-state index in [1.165, 1.54) is 11.6 Å². The Hall–Kier alpha value is -2.63. The number of imidazole rings is 1. The van der Waals surface area contributed by atoms with Gasteiger partial charge < -0.3 is 14.2 Å². The minimum atomic E-state index is -0.375. The normalized spacial score (nSPS) is 14.7. The van der Waals surface area contributed by atoms with E-state index in [0.717, 1.165) is 24.9 Å². The molecule has 9 nitrogen and oxygen atoms in total. The van der Waals surface area contributed by atoms with E-state index in [0.29, 0.717) is 50.0 Å². The standard InChI is InChI=1S/C20H22N6O3S2/c1-23-16-15(17(27)24(2)20(23)28)26(18(22-16)25-7-10-29-11-8-25)9-12-30-19-21-13-5-3-4-6-14(13)31-19/h3-6H,7-12H2,1-2H3. The highest BCUT2D eigenvalue weighted by Crippen LogP contribution is 2.30. The van der Waals surface area contributed by atoms with Crippen molar-refractivity contribution in [1.29, 1.82) is 0 Å². The second kappa shape index (κ2) is 8.13. The highest BCUT2D eigenvalue weighted by Gasteiger charge is 2.24. The largest absolute Gasteiger partial charge is 0.378 e. The summed E-state index contributed by atoms with van der Waals surface area (Å²) in [6.07, 6.45) is 0. The molecule has 0 spiro atoms. The summed E-state index contributed by atoms with van der Waals surface area (Å²) in [7, 11) is 3.16. The Kier molecular flexibility index (Phi) is 5.32. The zero-order chi connectivity index (χ0) is 21.5. The molecule has 0 N–H and O–H groups in total. The molecule has 5 rings (SSSR count). The van der Waals surface area contributed by atoms with Gasteiger partial charge in [0.2, 0.25) is 5.95 Å². The lowest BCUT2D eigenvalue weighted by atomic mass is 10.3. The highest BCUT2D eigenvalue weighted by molar-refractivity contribution is 8.01. The van der Waals surface area contributed by atoms with E-state index in [1.807, 2.05) is 22.8 Å². The lowest BCUT2D eigenvalue weighted by molar-refractivity contribution is 0.121. The van der Waals surface area contributed by atoms with Crippen LogP contribution in [0.5, 0.6) is 0 Å². The number of hydrogen-bond donors (Lipinski definition) is 0. The Morgan fingerprint density at radius 3 is 2.65 bits per heavy atom. The first-order chi connectivity index (χ1) is 15.0. The quantitative estimate of drug-likeness (QED) is 0.421. The van der Waals surface area contributed by atoms with E-state index in [4.69, 9.17) is 9.72 Å². The fourth-order valence-corrected chi connectivity index (χ4v) is 5.85. The predicted octanol–water partition coefficient (Wildman–Crippen LogP) is 1.67. The van der Waals surface area contributed by atoms with E-state index >= 15 is 0 Å². The van der Waals surface area contributed by atoms with Crippen molar-refractivity contribution in [2.75, 3.05) is 37.0 Å². The van der Waals surface area contributed by atoms with E-state index in [-0.39, 0.29) is 11.2 Å². The summed E-state index contributed by atoms with van der Waals surface area (Å²) in [6, 6.07) is 8.09. The second-order valence-corrected chi connectivity index (χ2v) is 9.71. The number of aromatic nitrogens is 5. The van der Waals surface area contributed by atoms with Crippen LogP contribution in [0.25, 0.3) is 21.4 Å². The summed E-state index contributed by atoms with van der Waals surface area (Å²) in [4.78, 5) is 36.9. The Bertz CT molecular complexity index is 1350. The van der Waals surface area contributed by atoms with Gasteiger partial charge in [-0.05, 0) is 12.1 Å². The number of hydrogen-bond acceptors (Lipinski definition) is 8. The third-order valence-corrected chi connectivity index (χ3v) is 7.60. The molecule has 0 unspecified atom stereocenters. The molecule has 1 aliphatic heterocycles. The van der Waals surface area contributed by atoms with Crippen molar-refractivity contribution < 1.29 is 4.74 Å². The maximum Gasteiger partial charge on any atom is 0.332 e. The van der Waals surface area contributed by atoms with Crippen molar-refractivity contribution in [3.05, 3.63) is 45.1 Å². The van der Waals surface area contributed by atoms with Crippen LogP contribution in [0.1, 0.15) is 0 Å². The van der Waals surface area contributed by atoms with Crippen LogP contribution in [0.15, 0.2) is 38.2 Å². The average Bonchev–Trinajstić information content (AvgIpc) is 3.38. The molecule has 0 atom stereocenters. The first-order valence-electron chi connectivity index (χ1n) is 10.0. The SMILES string of the molecule is Cn1c(=O)c2c(nc(N3CCOCC3)n2CCSc2nc3ccccc3s2)n(C)c1=O. The predicted molar refractivity (Wildman–Crippen MR) is 124 cm³/mol. The number of thioether (sulfide) groups is 1. The van der Waals surface area contributed by atoms with Gasteiger partial charge in [-0.3, -0.25) is 13.9 Å². The van der Waals surface area contributed by atoms with Crippen molar-refractivity contribution in [3.8, 4) is 0 Å². The third-order valence-electron chi connectivity index (χ3n) is 5.44. The van der Waals surface area contributed by atoms with Gasteiger partial charge in [-0.1, -0.05) is 23.9 Å². The van der Waals surface area contributed by atoms with Crippen LogP contribution < -0.4 is 16.1 Å². The van der Waals surface area contributed by atoms with Crippen LogP contribution in [0.3, 0.4) is 0 Å². The summed E-state index contributed by atoms with van der Waals surface area (Å²) < 4.78 is 12.2. The molecule has 0 aliphatic carbocycles. The smallest absolute Gasteiger partial charge is 0.332 e. The Morgan fingerprint density at radius 1 is 1.10 bits per heavy atom. The van der Waals surface area contributed by atoms with Crippen LogP contribution in [0.4, 0.5) is 5.95 Å². The topological polar surface area (TPSA) is 87.2 Å². The lowest BCUT2D eigenvalue weighted by Gasteiger charge is -2.28. The number of nitrogens with zero attached hydrogens (tertiary/aromatic N) is 6. The summed E-state index contributed by atoms with van der Waals surface area (Å²) in [5, 5.41) is 0. The van der Waals surface area contributed by atoms with Crippen LogP contribution in [0.2, 0.25) is 0 Å². The molecule has 4 aromatic rings. The first-order valence-corrected chi connectivity index (χ1v) is 11.8. The molecule has 162 valence electrons. The molecule has 1 aliphatic rings. The van der Waals surface area contributed by atoms with E-state index < -0.39 is 0 Å². The van der Waals surface area contributed by atoms with Gasteiger partial charge in [-0.2, -0.15) is 4.98 Å². The molecule has 31 heavy (non-hydrogen) atoms. The van der Waals surface area contributed by atoms with Gasteiger partial charge in [0.05, 0.1) is 23.4 Å². The number of ether oxygens (including phenoxy) is 1. The number of fused-ring (bicyclic) bond motifs is 2. The minimum Gasteiger partial charge on any atom is -0.378 e. The van der Waals surface area contributed by atoms with Gasteiger partial charge in [0.15, 0.2) is 15.5 Å². The molecule has 3 aromatic heterocycles. The van der Waals surface area contributed by atoms with Crippen molar-refractivity contribution in [1.82, 2.24) is 23.7 Å². The molecule has 0 bridgehead atoms. The lowest BCUT2D eigenvalue weighted by Crippen LogP contribution is -2.38. The summed E-state index contributed by atoms with van der Waals surface area (Å²) in [5.74, 6) is 1.44. The Morgan fingerprint density at radius 2 is 1.87 bits per heavy atom. The number of anilines is 1. The summed E-state index contributed by atoms with van der Waals surface area (Å²) >= 11 is 3.33. The number of para-hydroxylation sites is 1. The number of rotatable bonds is 5. The average molecular weight is 459 g/mol. The van der Waals surface area contributed by atoms with Gasteiger partial charge in [-0.25, -0.2) is 9.78 Å². The van der Waals surface area contributed by atoms with Gasteiger partial charge in [0.1, 0.15) is 0 Å². The number of benzene rings is 1. The van der Waals surface area contributed by atoms with Crippen LogP contribution in [-0.2, 0) is 25.4 Å². The third kappa shape index (κ3) is 3.56. The monoisotopic (exact) mass is 458 g/mol. The molecule has 0 saturated carbocycles. The Balaban J connectivity index is 1.52. The molecule has 1 fully saturated rings. The number of thiazole rings is 1. The molecule has 0 radical (unpaired) electrons. The second-order valence-electron chi connectivity index (χ2n) is 7.34. The first kappa shape index (κ1) is 20.3. The maximum atomic E-state index is 13.0. The molecule has 1 aromatic carbocycles. The summed E-state index contributed by atoms with van der Waals surface area (Å²) in [6.45, 7) is 3.20. The molecule has 11 heteroatoms. The van der Waals surface area contributed by atoms with Crippen molar-refractivity contribution in [2.24, 2.45) is 14.1 Å². The van der Waals surface area contributed by atoms with Crippen molar-refractivity contribution >= 4 is 50.4 Å². The number of morpholine rings is 1. The molecular formula is C20H22N6O3S2. The fourth-order valence-electron chi connectivity index (χ4n) is 3.79. The van der Waals surface area contributed by atoms with E-state index in [9.17, 15) is 9.59 Å². The molecule has 1 saturated heterocycles. The van der Waals surface area contributed by atoms with Gasteiger partial charge in [-0.15, -0.1) is 11.3 Å². The van der Waals surface area contributed by atoms with Crippen LogP contribution in [0, 0.1) is 0 Å². The highest BCUT2D eigenvalue weighted by atomic mass is 32.2. The zero-order valence-electron chi connectivity index (χ0n) is 17.3. The van der Waals surface area contributed by atoms with Gasteiger partial charge in [0.25, 0.3) is 5.56 Å². The molecular weight excluding hydrogens is 436 g/mol. The maximum absolute atomic E-state index is 13.0. The molecule has 4 heterocycles. The van der Waals surface area contributed by atoms with Crippen molar-refractivity contribution in [3.63, 3.8) is 0 Å².